The average Bonchev–Trinajstić information content (AvgIpc) is 2.96. The lowest BCUT2D eigenvalue weighted by Gasteiger charge is -2.44. The summed E-state index contributed by atoms with van der Waals surface area (Å²) >= 11 is 81.3. The van der Waals surface area contributed by atoms with Crippen molar-refractivity contribution in [1.82, 2.24) is 0 Å². The first-order chi connectivity index (χ1) is 13.6. The number of hydrogen-bond donors (Lipinski definition) is 0. The van der Waals surface area contributed by atoms with Crippen LogP contribution in [0.15, 0.2) is 20.1 Å². The minimum absolute atomic E-state index is 0.191. The summed E-state index contributed by atoms with van der Waals surface area (Å²) in [6, 6.07) is 0. The van der Waals surface area contributed by atoms with Crippen molar-refractivity contribution in [2.75, 3.05) is 0 Å². The number of halogens is 12. The summed E-state index contributed by atoms with van der Waals surface area (Å²) in [5, 5.41) is 0.765. The summed E-state index contributed by atoms with van der Waals surface area (Å²) in [5.74, 6) is -0.976. The van der Waals surface area contributed by atoms with Crippen molar-refractivity contribution in [3.63, 3.8) is 0 Å². The Kier molecular flexibility index (Phi) is 5.61. The van der Waals surface area contributed by atoms with Gasteiger partial charge in [0, 0.05) is 0 Å². The monoisotopic (exact) mass is 648 g/mol. The molecule has 0 aliphatic heterocycles. The van der Waals surface area contributed by atoms with Crippen LogP contribution in [0.25, 0.3) is 0 Å². The van der Waals surface area contributed by atoms with E-state index in [1.54, 1.807) is 0 Å². The van der Waals surface area contributed by atoms with Gasteiger partial charge in [-0.25, -0.2) is 0 Å². The summed E-state index contributed by atoms with van der Waals surface area (Å²) < 4.78 is -3.17. The summed E-state index contributed by atoms with van der Waals surface area (Å²) in [6.45, 7) is 0. The molecule has 0 radical (unpaired) electrons. The number of fused-ring (bicyclic) bond motifs is 10. The second-order valence-corrected chi connectivity index (χ2v) is 15.4. The number of hydrogen-bond acceptors (Lipinski definition) is 0. The zero-order chi connectivity index (χ0) is 22.4. The van der Waals surface area contributed by atoms with E-state index in [4.69, 9.17) is 139 Å². The molecule has 168 valence electrons. The second-order valence-electron chi connectivity index (χ2n) is 8.83. The molecule has 12 heteroatoms. The average molecular weight is 654 g/mol. The number of alkyl halides is 8. The Balaban J connectivity index is 1.62. The molecule has 5 rings (SSSR count). The zero-order valence-electron chi connectivity index (χ0n) is 14.7. The first-order valence-corrected chi connectivity index (χ1v) is 13.8. The van der Waals surface area contributed by atoms with Crippen molar-refractivity contribution < 1.29 is 0 Å². The summed E-state index contributed by atoms with van der Waals surface area (Å²) in [4.78, 5) is -5.28. The van der Waals surface area contributed by atoms with E-state index in [2.05, 4.69) is 0 Å². The Morgan fingerprint density at radius 3 is 0.733 bits per heavy atom. The van der Waals surface area contributed by atoms with Crippen LogP contribution in [-0.4, -0.2) is 28.2 Å². The third-order valence-electron chi connectivity index (χ3n) is 8.08. The third kappa shape index (κ3) is 2.18. The predicted molar refractivity (Wildman–Crippen MR) is 133 cm³/mol. The molecule has 0 amide bonds. The Hall–Kier alpha value is 2.96. The van der Waals surface area contributed by atoms with Crippen molar-refractivity contribution in [2.24, 2.45) is 23.7 Å². The van der Waals surface area contributed by atoms with Gasteiger partial charge < -0.3 is 0 Å². The van der Waals surface area contributed by atoms with Gasteiger partial charge in [-0.05, 0) is 49.4 Å². The highest BCUT2D eigenvalue weighted by Crippen LogP contribution is 2.81. The maximum Gasteiger partial charge on any atom is 0.166 e. The second kappa shape index (κ2) is 6.83. The summed E-state index contributed by atoms with van der Waals surface area (Å²) in [7, 11) is 0. The van der Waals surface area contributed by atoms with Gasteiger partial charge in [0.05, 0.1) is 20.1 Å². The van der Waals surface area contributed by atoms with E-state index in [-0.39, 0.29) is 43.8 Å². The van der Waals surface area contributed by atoms with E-state index in [0.717, 1.165) is 0 Å². The Morgan fingerprint density at radius 2 is 0.567 bits per heavy atom. The van der Waals surface area contributed by atoms with Crippen LogP contribution in [0.3, 0.4) is 0 Å². The predicted octanol–water partition coefficient (Wildman–Crippen LogP) is 9.72. The highest BCUT2D eigenvalue weighted by molar-refractivity contribution is 6.66. The molecule has 0 spiro atoms. The smallest absolute Gasteiger partial charge is 0.109 e. The fourth-order valence-corrected chi connectivity index (χ4v) is 13.0. The topological polar surface area (TPSA) is 0 Å². The van der Waals surface area contributed by atoms with Gasteiger partial charge in [-0.15, -0.1) is 46.4 Å². The normalized spacial score (nSPS) is 55.6. The van der Waals surface area contributed by atoms with Gasteiger partial charge in [0.25, 0.3) is 0 Å². The molecular formula is C18H12Cl12. The quantitative estimate of drug-likeness (QED) is 0.229. The molecule has 8 atom stereocenters. The largest absolute Gasteiger partial charge is 0.166 e. The van der Waals surface area contributed by atoms with E-state index in [0.29, 0.717) is 25.7 Å². The zero-order valence-corrected chi connectivity index (χ0v) is 23.7. The molecule has 3 saturated carbocycles. The van der Waals surface area contributed by atoms with E-state index < -0.39 is 28.2 Å². The van der Waals surface area contributed by atoms with Gasteiger partial charge in [0.15, 0.2) is 8.67 Å². The fourth-order valence-electron chi connectivity index (χ4n) is 6.73. The lowest BCUT2D eigenvalue weighted by molar-refractivity contribution is 0.175. The van der Waals surface area contributed by atoms with Crippen LogP contribution in [0.1, 0.15) is 25.7 Å². The lowest BCUT2D eigenvalue weighted by atomic mass is 9.67. The van der Waals surface area contributed by atoms with Crippen LogP contribution in [-0.2, 0) is 0 Å². The summed E-state index contributed by atoms with van der Waals surface area (Å²) in [5.41, 5.74) is 0. The van der Waals surface area contributed by atoms with Crippen LogP contribution in [0.5, 0.6) is 0 Å². The van der Waals surface area contributed by atoms with Gasteiger partial charge >= 0.3 is 0 Å². The first kappa shape index (κ1) is 24.6. The molecule has 30 heavy (non-hydrogen) atoms. The maximum absolute atomic E-state index is 7.02. The van der Waals surface area contributed by atoms with Crippen LogP contribution < -0.4 is 0 Å². The van der Waals surface area contributed by atoms with Crippen molar-refractivity contribution in [1.29, 1.82) is 0 Å². The summed E-state index contributed by atoms with van der Waals surface area (Å²) in [6.07, 6.45) is 2.22. The van der Waals surface area contributed by atoms with E-state index >= 15 is 0 Å². The Labute approximate surface area is 234 Å². The van der Waals surface area contributed by atoms with Crippen LogP contribution >= 0.6 is 139 Å². The highest BCUT2D eigenvalue weighted by atomic mass is 35.5. The standard InChI is InChI=1S/C18H12Cl12/c19-9-10(20)15(25)7-3-4-8-6(2-1-5(7)13(9,23)17(15,27)28)14(24)11(21)12(22)16(8,26)18(14,29)30/h5-8H,1-4H2/t5?,6?,7?,8?,13-,14?,15+,16?. The van der Waals surface area contributed by atoms with Crippen molar-refractivity contribution in [2.45, 2.75) is 53.8 Å². The number of rotatable bonds is 0. The molecule has 0 nitrogen and oxygen atoms in total. The van der Waals surface area contributed by atoms with Crippen molar-refractivity contribution in [3.05, 3.63) is 20.1 Å². The third-order valence-corrected chi connectivity index (χ3v) is 16.8. The molecule has 0 saturated heterocycles. The molecule has 0 aromatic rings. The van der Waals surface area contributed by atoms with Crippen LogP contribution in [0.4, 0.5) is 0 Å². The molecule has 0 heterocycles. The minimum atomic E-state index is -1.58. The van der Waals surface area contributed by atoms with Crippen LogP contribution in [0, 0.1) is 23.7 Å². The lowest BCUT2D eigenvalue weighted by Crippen LogP contribution is -2.45. The van der Waals surface area contributed by atoms with Crippen molar-refractivity contribution >= 4 is 139 Å². The SMILES string of the molecule is ClC1=C(Cl)C2(Cl)C3CCC4C(CCC3C1(Cl)C2(Cl)Cl)[C@]1(Cl)C(Cl)=C(Cl)[C@@]4(Cl)C1(Cl)Cl. The first-order valence-electron chi connectivity index (χ1n) is 9.22. The molecule has 5 aliphatic carbocycles. The van der Waals surface area contributed by atoms with E-state index in [1.807, 2.05) is 0 Å². The molecule has 3 fully saturated rings. The van der Waals surface area contributed by atoms with E-state index in [9.17, 15) is 0 Å². The number of allylic oxidation sites excluding steroid dienone is 4. The minimum Gasteiger partial charge on any atom is -0.109 e. The van der Waals surface area contributed by atoms with Gasteiger partial charge in [-0.2, -0.15) is 0 Å². The van der Waals surface area contributed by atoms with Gasteiger partial charge in [0.1, 0.15) is 19.5 Å². The molecular weight excluding hydrogens is 642 g/mol. The molecule has 0 aromatic heterocycles. The highest BCUT2D eigenvalue weighted by Gasteiger charge is 2.85. The fraction of sp³-hybridized carbons (Fsp3) is 0.778. The molecule has 6 unspecified atom stereocenters. The van der Waals surface area contributed by atoms with Crippen LogP contribution in [0.2, 0.25) is 0 Å². The van der Waals surface area contributed by atoms with Gasteiger partial charge in [-0.1, -0.05) is 92.8 Å². The molecule has 0 aromatic carbocycles. The Morgan fingerprint density at radius 1 is 0.400 bits per heavy atom. The molecule has 5 aliphatic rings. The van der Waals surface area contributed by atoms with Crippen molar-refractivity contribution in [3.8, 4) is 0 Å². The van der Waals surface area contributed by atoms with E-state index in [1.165, 1.54) is 0 Å². The molecule has 0 N–H and O–H groups in total. The van der Waals surface area contributed by atoms with Gasteiger partial charge in [-0.3, -0.25) is 0 Å². The Bertz CT molecular complexity index is 782. The maximum atomic E-state index is 7.02. The molecule has 4 bridgehead atoms. The van der Waals surface area contributed by atoms with Gasteiger partial charge in [0.2, 0.25) is 0 Å².